The Balaban J connectivity index is 2.03. The van der Waals surface area contributed by atoms with Crippen molar-refractivity contribution in [3.05, 3.63) is 35.0 Å². The molecule has 118 valence electrons. The average Bonchev–Trinajstić information content (AvgIpc) is 2.80. The Hall–Kier alpha value is -1.52. The molecular weight excluding hydrogens is 300 g/mol. The highest BCUT2D eigenvalue weighted by Gasteiger charge is 2.34. The predicted molar refractivity (Wildman–Crippen MR) is 88.2 cm³/mol. The molecule has 0 spiro atoms. The third kappa shape index (κ3) is 2.85. The lowest BCUT2D eigenvalue weighted by atomic mass is 9.89. The van der Waals surface area contributed by atoms with Crippen molar-refractivity contribution >= 4 is 28.5 Å². The van der Waals surface area contributed by atoms with Crippen LogP contribution in [0.4, 0.5) is 0 Å². The van der Waals surface area contributed by atoms with Crippen molar-refractivity contribution in [3.8, 4) is 0 Å². The maximum Gasteiger partial charge on any atom is 0.325 e. The molecule has 2 aromatic rings. The van der Waals surface area contributed by atoms with Crippen molar-refractivity contribution in [2.75, 3.05) is 13.1 Å². The molecule has 0 aliphatic carbocycles. The molecule has 0 bridgehead atoms. The van der Waals surface area contributed by atoms with Crippen molar-refractivity contribution in [2.24, 2.45) is 11.8 Å². The first-order valence-electron chi connectivity index (χ1n) is 7.69. The molecule has 0 unspecified atom stereocenters. The summed E-state index contributed by atoms with van der Waals surface area (Å²) < 4.78 is 0. The number of nitrogens with zero attached hydrogens (tertiary/aromatic N) is 1. The second kappa shape index (κ2) is 5.94. The highest BCUT2D eigenvalue weighted by atomic mass is 35.5. The van der Waals surface area contributed by atoms with E-state index in [1.165, 1.54) is 0 Å². The lowest BCUT2D eigenvalue weighted by Gasteiger charge is -2.38. The number of carbonyl (C=O) groups is 1. The van der Waals surface area contributed by atoms with Crippen LogP contribution in [0, 0.1) is 11.8 Å². The minimum atomic E-state index is -0.804. The van der Waals surface area contributed by atoms with Crippen molar-refractivity contribution in [3.63, 3.8) is 0 Å². The van der Waals surface area contributed by atoms with Gasteiger partial charge in [-0.3, -0.25) is 9.69 Å². The molecule has 1 fully saturated rings. The molecule has 4 nitrogen and oxygen atoms in total. The van der Waals surface area contributed by atoms with E-state index in [4.69, 9.17) is 11.6 Å². The minimum absolute atomic E-state index is 0.513. The van der Waals surface area contributed by atoms with Gasteiger partial charge in [0.1, 0.15) is 6.04 Å². The SMILES string of the molecule is C[C@@H]1C[C@@H](C)CN([C@@H](C(=O)O)c2c[nH]c3ccc(Cl)cc23)C1. The zero-order valence-corrected chi connectivity index (χ0v) is 13.6. The van der Waals surface area contributed by atoms with Crippen molar-refractivity contribution in [2.45, 2.75) is 26.3 Å². The smallest absolute Gasteiger partial charge is 0.325 e. The van der Waals surface area contributed by atoms with E-state index in [1.807, 2.05) is 24.4 Å². The van der Waals surface area contributed by atoms with Crippen molar-refractivity contribution in [1.82, 2.24) is 9.88 Å². The number of H-pyrrole nitrogens is 1. The van der Waals surface area contributed by atoms with Crippen LogP contribution < -0.4 is 0 Å². The molecule has 1 aliphatic heterocycles. The third-order valence-corrected chi connectivity index (χ3v) is 4.70. The molecule has 2 heterocycles. The van der Waals surface area contributed by atoms with Crippen LogP contribution in [0.25, 0.3) is 10.9 Å². The van der Waals surface area contributed by atoms with Crippen LogP contribution in [0.5, 0.6) is 0 Å². The standard InChI is InChI=1S/C17H21ClN2O2/c1-10-5-11(2)9-20(8-10)16(17(21)22)14-7-19-15-4-3-12(18)6-13(14)15/h3-4,6-7,10-11,16,19H,5,8-9H2,1-2H3,(H,21,22)/t10-,11-,16-/m1/s1. The van der Waals surface area contributed by atoms with Crippen LogP contribution in [-0.2, 0) is 4.79 Å². The van der Waals surface area contributed by atoms with E-state index in [9.17, 15) is 9.90 Å². The fourth-order valence-corrected chi connectivity index (χ4v) is 3.92. The highest BCUT2D eigenvalue weighted by molar-refractivity contribution is 6.31. The molecule has 5 heteroatoms. The number of hydrogen-bond donors (Lipinski definition) is 2. The Bertz CT molecular complexity index is 687. The molecule has 1 aromatic carbocycles. The number of likely N-dealkylation sites (tertiary alicyclic amines) is 1. The third-order valence-electron chi connectivity index (χ3n) is 4.47. The topological polar surface area (TPSA) is 56.3 Å². The Morgan fingerprint density at radius 1 is 1.36 bits per heavy atom. The van der Waals surface area contributed by atoms with Crippen LogP contribution in [0.3, 0.4) is 0 Å². The number of rotatable bonds is 3. The Kier molecular flexibility index (Phi) is 4.15. The molecule has 1 aromatic heterocycles. The number of piperidine rings is 1. The number of carboxylic acid groups (broad SMARTS) is 1. The van der Waals surface area contributed by atoms with Crippen LogP contribution in [0.1, 0.15) is 31.9 Å². The van der Waals surface area contributed by atoms with Gasteiger partial charge in [-0.1, -0.05) is 25.4 Å². The lowest BCUT2D eigenvalue weighted by molar-refractivity contribution is -0.144. The average molecular weight is 321 g/mol. The monoisotopic (exact) mass is 320 g/mol. The molecule has 0 amide bonds. The van der Waals surface area contributed by atoms with Crippen LogP contribution in [-0.4, -0.2) is 34.0 Å². The fraction of sp³-hybridized carbons (Fsp3) is 0.471. The van der Waals surface area contributed by atoms with E-state index in [2.05, 4.69) is 23.7 Å². The lowest BCUT2D eigenvalue weighted by Crippen LogP contribution is -2.43. The number of aromatic amines is 1. The van der Waals surface area contributed by atoms with Gasteiger partial charge in [0.25, 0.3) is 0 Å². The Morgan fingerprint density at radius 3 is 2.68 bits per heavy atom. The molecule has 3 atom stereocenters. The maximum absolute atomic E-state index is 12.0. The molecular formula is C17H21ClN2O2. The van der Waals surface area contributed by atoms with Gasteiger partial charge in [0.2, 0.25) is 0 Å². The van der Waals surface area contributed by atoms with Crippen LogP contribution in [0.15, 0.2) is 24.4 Å². The molecule has 22 heavy (non-hydrogen) atoms. The quantitative estimate of drug-likeness (QED) is 0.901. The van der Waals surface area contributed by atoms with E-state index in [0.29, 0.717) is 16.9 Å². The van der Waals surface area contributed by atoms with Gasteiger partial charge >= 0.3 is 5.97 Å². The largest absolute Gasteiger partial charge is 0.480 e. The molecule has 2 N–H and O–H groups in total. The van der Waals surface area contributed by atoms with Crippen LogP contribution in [0.2, 0.25) is 5.02 Å². The number of nitrogens with one attached hydrogen (secondary N) is 1. The summed E-state index contributed by atoms with van der Waals surface area (Å²) in [6.45, 7) is 6.00. The Labute approximate surface area is 135 Å². The zero-order valence-electron chi connectivity index (χ0n) is 12.8. The van der Waals surface area contributed by atoms with Crippen LogP contribution >= 0.6 is 11.6 Å². The number of carboxylic acids is 1. The second-order valence-electron chi connectivity index (χ2n) is 6.57. The van der Waals surface area contributed by atoms with Gasteiger partial charge in [-0.2, -0.15) is 0 Å². The van der Waals surface area contributed by atoms with E-state index >= 15 is 0 Å². The molecule has 0 saturated carbocycles. The van der Waals surface area contributed by atoms with Gasteiger partial charge in [-0.15, -0.1) is 0 Å². The van der Waals surface area contributed by atoms with E-state index in [0.717, 1.165) is 36.0 Å². The summed E-state index contributed by atoms with van der Waals surface area (Å²) in [6, 6.07) is 4.92. The predicted octanol–water partition coefficient (Wildman–Crippen LogP) is 3.92. The molecule has 1 aliphatic rings. The van der Waals surface area contributed by atoms with E-state index < -0.39 is 12.0 Å². The summed E-state index contributed by atoms with van der Waals surface area (Å²) in [5, 5.41) is 11.3. The normalized spacial score (nSPS) is 24.5. The number of benzene rings is 1. The summed E-state index contributed by atoms with van der Waals surface area (Å²) in [6.07, 6.45) is 2.96. The van der Waals surface area contributed by atoms with Gasteiger partial charge in [-0.05, 0) is 36.5 Å². The van der Waals surface area contributed by atoms with Gasteiger partial charge in [0.05, 0.1) is 0 Å². The molecule has 0 radical (unpaired) electrons. The molecule has 1 saturated heterocycles. The van der Waals surface area contributed by atoms with E-state index in [1.54, 1.807) is 0 Å². The summed E-state index contributed by atoms with van der Waals surface area (Å²) >= 11 is 6.09. The minimum Gasteiger partial charge on any atom is -0.480 e. The maximum atomic E-state index is 12.0. The number of fused-ring (bicyclic) bond motifs is 1. The van der Waals surface area contributed by atoms with Gasteiger partial charge in [-0.25, -0.2) is 0 Å². The number of aromatic nitrogens is 1. The highest BCUT2D eigenvalue weighted by Crippen LogP contribution is 2.34. The first kappa shape index (κ1) is 15.4. The van der Waals surface area contributed by atoms with Gasteiger partial charge in [0, 0.05) is 40.8 Å². The van der Waals surface area contributed by atoms with Gasteiger partial charge in [0.15, 0.2) is 0 Å². The summed E-state index contributed by atoms with van der Waals surface area (Å²) in [5.74, 6) is 0.223. The fourth-order valence-electron chi connectivity index (χ4n) is 3.75. The summed E-state index contributed by atoms with van der Waals surface area (Å²) in [5.41, 5.74) is 1.72. The molecule has 3 rings (SSSR count). The number of aliphatic carboxylic acids is 1. The first-order valence-corrected chi connectivity index (χ1v) is 8.07. The zero-order chi connectivity index (χ0) is 15.9. The number of halogens is 1. The van der Waals surface area contributed by atoms with Gasteiger partial charge < -0.3 is 10.1 Å². The van der Waals surface area contributed by atoms with Crippen molar-refractivity contribution in [1.29, 1.82) is 0 Å². The first-order chi connectivity index (χ1) is 10.5. The summed E-state index contributed by atoms with van der Waals surface area (Å²) in [4.78, 5) is 17.2. The summed E-state index contributed by atoms with van der Waals surface area (Å²) in [7, 11) is 0. The Morgan fingerprint density at radius 2 is 2.05 bits per heavy atom. The van der Waals surface area contributed by atoms with Crippen molar-refractivity contribution < 1.29 is 9.90 Å². The second-order valence-corrected chi connectivity index (χ2v) is 7.01. The van der Waals surface area contributed by atoms with E-state index in [-0.39, 0.29) is 0 Å². The number of hydrogen-bond acceptors (Lipinski definition) is 2.